The number of allylic oxidation sites excluding steroid dienone is 3. The first-order valence-corrected chi connectivity index (χ1v) is 12.7. The first-order valence-electron chi connectivity index (χ1n) is 12.7. The Balaban J connectivity index is 1.52. The predicted molar refractivity (Wildman–Crippen MR) is 145 cm³/mol. The number of hydrogen-bond acceptors (Lipinski definition) is 6. The molecular weight excluding hydrogens is 480 g/mol. The first kappa shape index (κ1) is 25.4. The molecule has 196 valence electrons. The highest BCUT2D eigenvalue weighted by Gasteiger charge is 2.42. The van der Waals surface area contributed by atoms with Gasteiger partial charge in [0.1, 0.15) is 11.5 Å². The molecule has 2 atom stereocenters. The van der Waals surface area contributed by atoms with Crippen LogP contribution in [0, 0.1) is 13.8 Å². The number of hydrogen-bond donors (Lipinski definition) is 2. The molecule has 7 nitrogen and oxygen atoms in total. The predicted octanol–water partition coefficient (Wildman–Crippen LogP) is 5.91. The second-order valence-electron chi connectivity index (χ2n) is 9.90. The molecule has 0 unspecified atom stereocenters. The van der Waals surface area contributed by atoms with Crippen LogP contribution in [-0.2, 0) is 9.59 Å². The van der Waals surface area contributed by atoms with Gasteiger partial charge >= 0.3 is 0 Å². The van der Waals surface area contributed by atoms with Gasteiger partial charge in [-0.3, -0.25) is 9.59 Å². The van der Waals surface area contributed by atoms with Gasteiger partial charge in [0.25, 0.3) is 5.91 Å². The molecular formula is C31H32N2O5. The first-order chi connectivity index (χ1) is 18.3. The molecule has 1 aliphatic carbocycles. The Morgan fingerprint density at radius 2 is 1.68 bits per heavy atom. The average Bonchev–Trinajstić information content (AvgIpc) is 3.34. The van der Waals surface area contributed by atoms with E-state index in [2.05, 4.69) is 10.6 Å². The van der Waals surface area contributed by atoms with Gasteiger partial charge in [-0.25, -0.2) is 0 Å². The van der Waals surface area contributed by atoms with Crippen molar-refractivity contribution in [3.8, 4) is 11.5 Å². The maximum Gasteiger partial charge on any atom is 0.254 e. The molecule has 3 aromatic rings. The topological polar surface area (TPSA) is 89.8 Å². The van der Waals surface area contributed by atoms with Crippen molar-refractivity contribution in [1.82, 2.24) is 5.32 Å². The quantitative estimate of drug-likeness (QED) is 0.427. The Bertz CT molecular complexity index is 1460. The van der Waals surface area contributed by atoms with E-state index in [0.717, 1.165) is 22.6 Å². The molecule has 1 aromatic heterocycles. The summed E-state index contributed by atoms with van der Waals surface area (Å²) in [6.07, 6.45) is 0.940. The van der Waals surface area contributed by atoms with Gasteiger partial charge in [0.2, 0.25) is 0 Å². The Kier molecular flexibility index (Phi) is 6.85. The number of carbonyl (C=O) groups excluding carboxylic acids is 2. The second kappa shape index (κ2) is 10.2. The number of anilines is 1. The van der Waals surface area contributed by atoms with Crippen molar-refractivity contribution in [2.45, 2.75) is 45.4 Å². The minimum absolute atomic E-state index is 0.00859. The van der Waals surface area contributed by atoms with Crippen molar-refractivity contribution in [2.24, 2.45) is 0 Å². The lowest BCUT2D eigenvalue weighted by molar-refractivity contribution is -0.116. The molecule has 2 heterocycles. The summed E-state index contributed by atoms with van der Waals surface area (Å²) in [5, 5.41) is 6.42. The van der Waals surface area contributed by atoms with E-state index in [-0.39, 0.29) is 17.6 Å². The smallest absolute Gasteiger partial charge is 0.254 e. The molecule has 0 saturated carbocycles. The second-order valence-corrected chi connectivity index (χ2v) is 9.90. The molecule has 2 N–H and O–H groups in total. The molecule has 1 amide bonds. The summed E-state index contributed by atoms with van der Waals surface area (Å²) in [6, 6.07) is 17.1. The lowest BCUT2D eigenvalue weighted by Crippen LogP contribution is -2.37. The Labute approximate surface area is 222 Å². The molecule has 0 radical (unpaired) electrons. The molecule has 1 aliphatic heterocycles. The van der Waals surface area contributed by atoms with Gasteiger partial charge < -0.3 is 24.5 Å². The Hall–Kier alpha value is -4.26. The number of amides is 1. The van der Waals surface area contributed by atoms with E-state index in [1.807, 2.05) is 75.4 Å². The minimum Gasteiger partial charge on any atom is -0.493 e. The van der Waals surface area contributed by atoms with Crippen LogP contribution in [0.5, 0.6) is 11.5 Å². The van der Waals surface area contributed by atoms with E-state index < -0.39 is 5.92 Å². The maximum atomic E-state index is 13.8. The molecule has 7 heteroatoms. The van der Waals surface area contributed by atoms with E-state index in [1.54, 1.807) is 14.2 Å². The van der Waals surface area contributed by atoms with Crippen LogP contribution < -0.4 is 20.1 Å². The fraction of sp³-hybridized carbons (Fsp3) is 0.290. The number of aryl methyl sites for hydroxylation is 2. The number of ketones is 1. The standard InChI is InChI=1S/C31H32N2O5/c1-17-6-10-22(11-7-17)33-31(35)28-19(3)32-23-14-21(20-9-13-25(36-4)27(16-20)37-5)15-24(34)29(23)30(28)26-12-8-18(2)38-26/h6-13,16,21,30,32H,14-15H2,1-5H3,(H,33,35)/t21-,30+/m1/s1. The molecule has 0 bridgehead atoms. The molecule has 2 aliphatic rings. The summed E-state index contributed by atoms with van der Waals surface area (Å²) in [5.41, 5.74) is 5.40. The number of nitrogens with one attached hydrogen (secondary N) is 2. The third-order valence-corrected chi connectivity index (χ3v) is 7.31. The van der Waals surface area contributed by atoms with Crippen LogP contribution in [0.4, 0.5) is 5.69 Å². The number of rotatable bonds is 6. The summed E-state index contributed by atoms with van der Waals surface area (Å²) in [5.74, 6) is 1.68. The summed E-state index contributed by atoms with van der Waals surface area (Å²) in [7, 11) is 3.20. The van der Waals surface area contributed by atoms with Crippen LogP contribution in [0.1, 0.15) is 54.2 Å². The van der Waals surface area contributed by atoms with Crippen LogP contribution in [0.2, 0.25) is 0 Å². The van der Waals surface area contributed by atoms with Crippen molar-refractivity contribution in [1.29, 1.82) is 0 Å². The largest absolute Gasteiger partial charge is 0.493 e. The molecule has 2 aromatic carbocycles. The highest BCUT2D eigenvalue weighted by atomic mass is 16.5. The third-order valence-electron chi connectivity index (χ3n) is 7.31. The van der Waals surface area contributed by atoms with Gasteiger partial charge in [-0.15, -0.1) is 0 Å². The number of dihydropyridines is 1. The Morgan fingerprint density at radius 1 is 0.947 bits per heavy atom. The number of furan rings is 1. The number of carbonyl (C=O) groups is 2. The highest BCUT2D eigenvalue weighted by molar-refractivity contribution is 6.09. The number of Topliss-reactive ketones (excluding diaryl/α,β-unsaturated/α-hetero) is 1. The molecule has 5 rings (SSSR count). The SMILES string of the molecule is COc1ccc([C@H]2CC(=O)C3=C(C2)NC(C)=C(C(=O)Nc2ccc(C)cc2)[C@@H]3c2ccc(C)o2)cc1OC. The third kappa shape index (κ3) is 4.72. The van der Waals surface area contributed by atoms with Crippen LogP contribution in [-0.4, -0.2) is 25.9 Å². The molecule has 38 heavy (non-hydrogen) atoms. The van der Waals surface area contributed by atoms with Crippen LogP contribution in [0.25, 0.3) is 0 Å². The van der Waals surface area contributed by atoms with E-state index >= 15 is 0 Å². The molecule has 0 saturated heterocycles. The van der Waals surface area contributed by atoms with Crippen molar-refractivity contribution in [3.63, 3.8) is 0 Å². The molecule has 0 fully saturated rings. The number of ether oxygens (including phenoxy) is 2. The van der Waals surface area contributed by atoms with E-state index in [9.17, 15) is 9.59 Å². The normalized spacial score (nSPS) is 19.1. The van der Waals surface area contributed by atoms with Gasteiger partial charge in [-0.2, -0.15) is 0 Å². The van der Waals surface area contributed by atoms with Crippen molar-refractivity contribution >= 4 is 17.4 Å². The summed E-state index contributed by atoms with van der Waals surface area (Å²) >= 11 is 0. The zero-order valence-corrected chi connectivity index (χ0v) is 22.3. The van der Waals surface area contributed by atoms with Gasteiger partial charge in [0.05, 0.1) is 25.7 Å². The van der Waals surface area contributed by atoms with E-state index in [4.69, 9.17) is 13.9 Å². The Morgan fingerprint density at radius 3 is 2.34 bits per heavy atom. The lowest BCUT2D eigenvalue weighted by Gasteiger charge is -2.36. The summed E-state index contributed by atoms with van der Waals surface area (Å²) < 4.78 is 16.9. The van der Waals surface area contributed by atoms with Gasteiger partial charge in [0, 0.05) is 29.1 Å². The van der Waals surface area contributed by atoms with Gasteiger partial charge in [-0.1, -0.05) is 23.8 Å². The molecule has 0 spiro atoms. The fourth-order valence-corrected chi connectivity index (χ4v) is 5.41. The maximum absolute atomic E-state index is 13.8. The van der Waals surface area contributed by atoms with Crippen LogP contribution in [0.15, 0.2) is 81.6 Å². The van der Waals surface area contributed by atoms with Crippen LogP contribution in [0.3, 0.4) is 0 Å². The van der Waals surface area contributed by atoms with E-state index in [0.29, 0.717) is 52.6 Å². The lowest BCUT2D eigenvalue weighted by atomic mass is 9.73. The zero-order chi connectivity index (χ0) is 27.0. The fourth-order valence-electron chi connectivity index (χ4n) is 5.41. The summed E-state index contributed by atoms with van der Waals surface area (Å²) in [6.45, 7) is 5.73. The summed E-state index contributed by atoms with van der Waals surface area (Å²) in [4.78, 5) is 27.4. The number of benzene rings is 2. The van der Waals surface area contributed by atoms with Gasteiger partial charge in [0.15, 0.2) is 17.3 Å². The van der Waals surface area contributed by atoms with Crippen molar-refractivity contribution < 1.29 is 23.5 Å². The minimum atomic E-state index is -0.593. The van der Waals surface area contributed by atoms with E-state index in [1.165, 1.54) is 0 Å². The average molecular weight is 513 g/mol. The van der Waals surface area contributed by atoms with Crippen molar-refractivity contribution in [2.75, 3.05) is 19.5 Å². The number of methoxy groups -OCH3 is 2. The van der Waals surface area contributed by atoms with Crippen molar-refractivity contribution in [3.05, 3.63) is 99.8 Å². The zero-order valence-electron chi connectivity index (χ0n) is 22.3. The van der Waals surface area contributed by atoms with Crippen LogP contribution >= 0.6 is 0 Å². The monoisotopic (exact) mass is 512 g/mol. The van der Waals surface area contributed by atoms with Gasteiger partial charge in [-0.05, 0) is 75.1 Å². The highest BCUT2D eigenvalue weighted by Crippen LogP contribution is 2.46.